The fourth-order valence-electron chi connectivity index (χ4n) is 2.49. The van der Waals surface area contributed by atoms with Crippen molar-refractivity contribution >= 4 is 23.6 Å². The van der Waals surface area contributed by atoms with Gasteiger partial charge in [0.15, 0.2) is 0 Å². The Kier molecular flexibility index (Phi) is 6.97. The lowest BCUT2D eigenvalue weighted by Crippen LogP contribution is -2.30. The predicted molar refractivity (Wildman–Crippen MR) is 104 cm³/mol. The lowest BCUT2D eigenvalue weighted by molar-refractivity contribution is -0.111. The molecule has 0 spiro atoms. The lowest BCUT2D eigenvalue weighted by Gasteiger charge is -2.18. The third kappa shape index (κ3) is 5.21. The lowest BCUT2D eigenvalue weighted by atomic mass is 10.1. The van der Waals surface area contributed by atoms with E-state index in [1.54, 1.807) is 42.4 Å². The number of ether oxygens (including phenoxy) is 1. The highest BCUT2D eigenvalue weighted by atomic mass is 16.5. The quantitative estimate of drug-likeness (QED) is 0.771. The summed E-state index contributed by atoms with van der Waals surface area (Å²) in [7, 11) is 1.61. The highest BCUT2D eigenvalue weighted by molar-refractivity contribution is 6.03. The largest absolute Gasteiger partial charge is 0.497 e. The van der Waals surface area contributed by atoms with Gasteiger partial charge < -0.3 is 15.0 Å². The normalized spacial score (nSPS) is 10.6. The van der Waals surface area contributed by atoms with Crippen LogP contribution in [-0.2, 0) is 4.79 Å². The molecule has 5 heteroatoms. The molecule has 0 aromatic heterocycles. The summed E-state index contributed by atoms with van der Waals surface area (Å²) in [5.41, 5.74) is 2.05. The number of methoxy groups -OCH3 is 1. The summed E-state index contributed by atoms with van der Waals surface area (Å²) >= 11 is 0. The molecule has 0 saturated heterocycles. The fourth-order valence-corrected chi connectivity index (χ4v) is 2.49. The van der Waals surface area contributed by atoms with Crippen LogP contribution in [0.5, 0.6) is 5.75 Å². The van der Waals surface area contributed by atoms with Gasteiger partial charge >= 0.3 is 0 Å². The van der Waals surface area contributed by atoms with Crippen molar-refractivity contribution in [3.63, 3.8) is 0 Å². The minimum atomic E-state index is -0.256. The van der Waals surface area contributed by atoms with Crippen LogP contribution >= 0.6 is 0 Å². The Labute approximate surface area is 154 Å². The maximum atomic E-state index is 12.4. The molecule has 2 amide bonds. The van der Waals surface area contributed by atoms with Crippen LogP contribution in [0, 0.1) is 0 Å². The number of amides is 2. The Morgan fingerprint density at radius 3 is 2.38 bits per heavy atom. The summed E-state index contributed by atoms with van der Waals surface area (Å²) in [6.45, 7) is 5.18. The van der Waals surface area contributed by atoms with Crippen LogP contribution in [0.4, 0.5) is 5.69 Å². The van der Waals surface area contributed by atoms with Crippen molar-refractivity contribution in [2.45, 2.75) is 13.8 Å². The highest BCUT2D eigenvalue weighted by Crippen LogP contribution is 2.14. The zero-order chi connectivity index (χ0) is 18.9. The first-order valence-electron chi connectivity index (χ1n) is 8.59. The van der Waals surface area contributed by atoms with Crippen molar-refractivity contribution in [1.82, 2.24) is 4.90 Å². The van der Waals surface area contributed by atoms with Crippen molar-refractivity contribution in [3.8, 4) is 5.75 Å². The standard InChI is InChI=1S/C21H24N2O3/c1-4-23(5-2)21(25)17-7-6-8-18(15-17)22-20(24)14-11-16-9-12-19(26-3)13-10-16/h6-15H,4-5H2,1-3H3,(H,22,24). The van der Waals surface area contributed by atoms with Gasteiger partial charge in [-0.3, -0.25) is 9.59 Å². The molecule has 0 radical (unpaired) electrons. The van der Waals surface area contributed by atoms with Gasteiger partial charge in [0.2, 0.25) is 5.91 Å². The molecule has 5 nitrogen and oxygen atoms in total. The maximum absolute atomic E-state index is 12.4. The maximum Gasteiger partial charge on any atom is 0.253 e. The molecule has 0 heterocycles. The summed E-state index contributed by atoms with van der Waals surface area (Å²) < 4.78 is 5.10. The molecular formula is C21H24N2O3. The molecule has 136 valence electrons. The van der Waals surface area contributed by atoms with E-state index in [4.69, 9.17) is 4.74 Å². The van der Waals surface area contributed by atoms with Gasteiger partial charge in [-0.15, -0.1) is 0 Å². The predicted octanol–water partition coefficient (Wildman–Crippen LogP) is 3.83. The van der Waals surface area contributed by atoms with Crippen molar-refractivity contribution in [2.24, 2.45) is 0 Å². The van der Waals surface area contributed by atoms with Gasteiger partial charge in [-0.2, -0.15) is 0 Å². The molecule has 0 unspecified atom stereocenters. The fraction of sp³-hybridized carbons (Fsp3) is 0.238. The van der Waals surface area contributed by atoms with E-state index < -0.39 is 0 Å². The number of nitrogens with one attached hydrogen (secondary N) is 1. The zero-order valence-electron chi connectivity index (χ0n) is 15.4. The van der Waals surface area contributed by atoms with Gasteiger partial charge in [0, 0.05) is 30.4 Å². The van der Waals surface area contributed by atoms with Crippen molar-refractivity contribution < 1.29 is 14.3 Å². The van der Waals surface area contributed by atoms with Crippen molar-refractivity contribution in [1.29, 1.82) is 0 Å². The molecule has 0 fully saturated rings. The van der Waals surface area contributed by atoms with E-state index in [0.29, 0.717) is 24.3 Å². The Morgan fingerprint density at radius 1 is 1.08 bits per heavy atom. The van der Waals surface area contributed by atoms with Crippen LogP contribution in [0.3, 0.4) is 0 Å². The van der Waals surface area contributed by atoms with Crippen LogP contribution < -0.4 is 10.1 Å². The van der Waals surface area contributed by atoms with Crippen LogP contribution in [0.2, 0.25) is 0 Å². The van der Waals surface area contributed by atoms with Gasteiger partial charge in [0.05, 0.1) is 7.11 Å². The second kappa shape index (κ2) is 9.42. The molecular weight excluding hydrogens is 328 g/mol. The minimum absolute atomic E-state index is 0.0418. The molecule has 0 aliphatic heterocycles. The Bertz CT molecular complexity index is 778. The van der Waals surface area contributed by atoms with E-state index in [1.807, 2.05) is 38.1 Å². The van der Waals surface area contributed by atoms with E-state index in [0.717, 1.165) is 11.3 Å². The van der Waals surface area contributed by atoms with Crippen molar-refractivity contribution in [3.05, 3.63) is 65.7 Å². The monoisotopic (exact) mass is 352 g/mol. The molecule has 0 atom stereocenters. The Balaban J connectivity index is 2.03. The summed E-state index contributed by atoms with van der Waals surface area (Å²) in [4.78, 5) is 26.3. The van der Waals surface area contributed by atoms with Crippen LogP contribution in [0.25, 0.3) is 6.08 Å². The molecule has 0 aliphatic carbocycles. The first kappa shape index (κ1) is 19.2. The molecule has 0 bridgehead atoms. The number of hydrogen-bond donors (Lipinski definition) is 1. The van der Waals surface area contributed by atoms with Crippen molar-refractivity contribution in [2.75, 3.05) is 25.5 Å². The Hall–Kier alpha value is -3.08. The molecule has 1 N–H and O–H groups in total. The second-order valence-corrected chi connectivity index (χ2v) is 5.65. The molecule has 0 aliphatic rings. The number of hydrogen-bond acceptors (Lipinski definition) is 3. The molecule has 2 aromatic carbocycles. The van der Waals surface area contributed by atoms with Crippen LogP contribution in [0.15, 0.2) is 54.6 Å². The average Bonchev–Trinajstić information content (AvgIpc) is 2.68. The summed E-state index contributed by atoms with van der Waals surface area (Å²) in [5, 5.41) is 2.78. The van der Waals surface area contributed by atoms with E-state index in [1.165, 1.54) is 6.08 Å². The van der Waals surface area contributed by atoms with Gasteiger partial charge in [-0.25, -0.2) is 0 Å². The topological polar surface area (TPSA) is 58.6 Å². The first-order chi connectivity index (χ1) is 12.6. The minimum Gasteiger partial charge on any atom is -0.497 e. The number of carbonyl (C=O) groups excluding carboxylic acids is 2. The smallest absolute Gasteiger partial charge is 0.253 e. The summed E-state index contributed by atoms with van der Waals surface area (Å²) in [6.07, 6.45) is 3.18. The van der Waals surface area contributed by atoms with Gasteiger partial charge in [0.25, 0.3) is 5.91 Å². The third-order valence-corrected chi connectivity index (χ3v) is 3.97. The first-order valence-corrected chi connectivity index (χ1v) is 8.59. The second-order valence-electron chi connectivity index (χ2n) is 5.65. The highest BCUT2D eigenvalue weighted by Gasteiger charge is 2.12. The molecule has 0 saturated carbocycles. The van der Waals surface area contributed by atoms with E-state index in [9.17, 15) is 9.59 Å². The molecule has 2 rings (SSSR count). The average molecular weight is 352 g/mol. The zero-order valence-corrected chi connectivity index (χ0v) is 15.4. The van der Waals surface area contributed by atoms with Gasteiger partial charge in [0.1, 0.15) is 5.75 Å². The third-order valence-electron chi connectivity index (χ3n) is 3.97. The Morgan fingerprint density at radius 2 is 1.77 bits per heavy atom. The van der Waals surface area contributed by atoms with E-state index >= 15 is 0 Å². The SMILES string of the molecule is CCN(CC)C(=O)c1cccc(NC(=O)C=Cc2ccc(OC)cc2)c1. The van der Waals surface area contributed by atoms with E-state index in [-0.39, 0.29) is 11.8 Å². The van der Waals surface area contributed by atoms with Crippen LogP contribution in [-0.4, -0.2) is 36.9 Å². The number of anilines is 1. The van der Waals surface area contributed by atoms with Gasteiger partial charge in [-0.05, 0) is 55.8 Å². The number of nitrogens with zero attached hydrogens (tertiary/aromatic N) is 1. The summed E-state index contributed by atoms with van der Waals surface area (Å²) in [6, 6.07) is 14.4. The number of rotatable bonds is 7. The molecule has 26 heavy (non-hydrogen) atoms. The summed E-state index contributed by atoms with van der Waals surface area (Å²) in [5.74, 6) is 0.467. The molecule has 2 aromatic rings. The van der Waals surface area contributed by atoms with Crippen LogP contribution in [0.1, 0.15) is 29.8 Å². The number of benzene rings is 2. The number of carbonyl (C=O) groups is 2. The van der Waals surface area contributed by atoms with Gasteiger partial charge in [-0.1, -0.05) is 18.2 Å². The van der Waals surface area contributed by atoms with E-state index in [2.05, 4.69) is 5.32 Å².